The van der Waals surface area contributed by atoms with Crippen LogP contribution in [0.5, 0.6) is 0 Å². The van der Waals surface area contributed by atoms with Crippen LogP contribution in [0.25, 0.3) is 0 Å². The van der Waals surface area contributed by atoms with Gasteiger partial charge in [-0.2, -0.15) is 10.4 Å². The van der Waals surface area contributed by atoms with E-state index in [0.717, 1.165) is 24.1 Å². The summed E-state index contributed by atoms with van der Waals surface area (Å²) in [5, 5.41) is 16.8. The zero-order chi connectivity index (χ0) is 15.4. The van der Waals surface area contributed by atoms with Gasteiger partial charge in [0.25, 0.3) is 0 Å². The van der Waals surface area contributed by atoms with Crippen molar-refractivity contribution in [1.82, 2.24) is 9.78 Å². The van der Waals surface area contributed by atoms with Gasteiger partial charge in [0.2, 0.25) is 0 Å². The van der Waals surface area contributed by atoms with Crippen LogP contribution in [0.2, 0.25) is 0 Å². The first-order valence-electron chi connectivity index (χ1n) is 7.26. The maximum absolute atomic E-state index is 11.5. The standard InChI is InChI=1S/C17H16N4O/c18-10-14-11-19-21(12-13-5-2-1-3-6-13)17(14)20-15-7-4-8-16(22)9-15/h1-3,5-6,9,11,20H,4,7-8,12H2. The Bertz CT molecular complexity index is 753. The lowest BCUT2D eigenvalue weighted by atomic mass is 10.0. The molecule has 0 unspecified atom stereocenters. The Morgan fingerprint density at radius 1 is 1.27 bits per heavy atom. The Balaban J connectivity index is 1.88. The Kier molecular flexibility index (Phi) is 4.01. The number of allylic oxidation sites excluding steroid dienone is 2. The van der Waals surface area contributed by atoms with E-state index in [4.69, 9.17) is 0 Å². The summed E-state index contributed by atoms with van der Waals surface area (Å²) < 4.78 is 1.76. The number of carbonyl (C=O) groups excluding carboxylic acids is 1. The van der Waals surface area contributed by atoms with Gasteiger partial charge in [0.15, 0.2) is 5.78 Å². The molecule has 0 spiro atoms. The van der Waals surface area contributed by atoms with Crippen molar-refractivity contribution in [3.05, 3.63) is 59.4 Å². The van der Waals surface area contributed by atoms with Crippen molar-refractivity contribution in [1.29, 1.82) is 5.26 Å². The maximum Gasteiger partial charge on any atom is 0.157 e. The van der Waals surface area contributed by atoms with E-state index in [-0.39, 0.29) is 5.78 Å². The van der Waals surface area contributed by atoms with Gasteiger partial charge in [-0.1, -0.05) is 30.3 Å². The highest BCUT2D eigenvalue weighted by Gasteiger charge is 2.15. The summed E-state index contributed by atoms with van der Waals surface area (Å²) in [4.78, 5) is 11.5. The zero-order valence-corrected chi connectivity index (χ0v) is 12.1. The van der Waals surface area contributed by atoms with Crippen molar-refractivity contribution < 1.29 is 4.79 Å². The molecular formula is C17H16N4O. The average Bonchev–Trinajstić information content (AvgIpc) is 2.90. The first-order chi connectivity index (χ1) is 10.8. The van der Waals surface area contributed by atoms with Gasteiger partial charge < -0.3 is 5.32 Å². The van der Waals surface area contributed by atoms with E-state index < -0.39 is 0 Å². The number of hydrogen-bond donors (Lipinski definition) is 1. The number of hydrogen-bond acceptors (Lipinski definition) is 4. The van der Waals surface area contributed by atoms with E-state index in [2.05, 4.69) is 16.5 Å². The molecule has 1 aromatic carbocycles. The third-order valence-corrected chi connectivity index (χ3v) is 3.62. The third-order valence-electron chi connectivity index (χ3n) is 3.62. The van der Waals surface area contributed by atoms with Crippen LogP contribution in [0.3, 0.4) is 0 Å². The summed E-state index contributed by atoms with van der Waals surface area (Å²) >= 11 is 0. The minimum absolute atomic E-state index is 0.126. The molecular weight excluding hydrogens is 276 g/mol. The number of rotatable bonds is 4. The molecule has 0 fully saturated rings. The number of nitrogens with zero attached hydrogens (tertiary/aromatic N) is 3. The predicted molar refractivity (Wildman–Crippen MR) is 83.0 cm³/mol. The van der Waals surface area contributed by atoms with Crippen LogP contribution in [0.4, 0.5) is 5.82 Å². The van der Waals surface area contributed by atoms with Gasteiger partial charge in [0, 0.05) is 18.2 Å². The fourth-order valence-corrected chi connectivity index (χ4v) is 2.52. The first-order valence-corrected chi connectivity index (χ1v) is 7.26. The molecule has 1 aromatic heterocycles. The number of carbonyl (C=O) groups is 1. The topological polar surface area (TPSA) is 70.7 Å². The van der Waals surface area contributed by atoms with Crippen molar-refractivity contribution >= 4 is 11.6 Å². The van der Waals surface area contributed by atoms with Gasteiger partial charge in [-0.15, -0.1) is 0 Å². The van der Waals surface area contributed by atoms with Crippen LogP contribution in [0.1, 0.15) is 30.4 Å². The van der Waals surface area contributed by atoms with Gasteiger partial charge >= 0.3 is 0 Å². The van der Waals surface area contributed by atoms with Crippen molar-refractivity contribution in [2.75, 3.05) is 5.32 Å². The molecule has 5 nitrogen and oxygen atoms in total. The van der Waals surface area contributed by atoms with Crippen molar-refractivity contribution in [2.45, 2.75) is 25.8 Å². The SMILES string of the molecule is N#Cc1cnn(Cc2ccccc2)c1NC1=CC(=O)CCC1. The van der Waals surface area contributed by atoms with Crippen LogP contribution in [0.15, 0.2) is 48.3 Å². The van der Waals surface area contributed by atoms with Crippen LogP contribution >= 0.6 is 0 Å². The molecule has 0 atom stereocenters. The zero-order valence-electron chi connectivity index (χ0n) is 12.1. The fourth-order valence-electron chi connectivity index (χ4n) is 2.52. The van der Waals surface area contributed by atoms with Crippen molar-refractivity contribution in [3.8, 4) is 6.07 Å². The maximum atomic E-state index is 11.5. The second-order valence-electron chi connectivity index (χ2n) is 5.28. The Morgan fingerprint density at radius 3 is 2.82 bits per heavy atom. The minimum Gasteiger partial charge on any atom is -0.343 e. The average molecular weight is 292 g/mol. The normalized spacial score (nSPS) is 14.3. The Labute approximate surface area is 128 Å². The van der Waals surface area contributed by atoms with Crippen LogP contribution in [0, 0.1) is 11.3 Å². The number of aromatic nitrogens is 2. The molecule has 0 bridgehead atoms. The third kappa shape index (κ3) is 3.07. The number of ketones is 1. The Hall–Kier alpha value is -2.87. The fraction of sp³-hybridized carbons (Fsp3) is 0.235. The lowest BCUT2D eigenvalue weighted by molar-refractivity contribution is -0.115. The molecule has 0 radical (unpaired) electrons. The summed E-state index contributed by atoms with van der Waals surface area (Å²) in [7, 11) is 0. The van der Waals surface area contributed by atoms with Crippen molar-refractivity contribution in [3.63, 3.8) is 0 Å². The van der Waals surface area contributed by atoms with Gasteiger partial charge in [0.1, 0.15) is 17.5 Å². The molecule has 0 saturated heterocycles. The lowest BCUT2D eigenvalue weighted by Crippen LogP contribution is -2.13. The summed E-state index contributed by atoms with van der Waals surface area (Å²) in [6.07, 6.45) is 5.43. The van der Waals surface area contributed by atoms with Crippen LogP contribution in [-0.4, -0.2) is 15.6 Å². The number of nitriles is 1. The van der Waals surface area contributed by atoms with E-state index >= 15 is 0 Å². The summed E-state index contributed by atoms with van der Waals surface area (Å²) in [5.74, 6) is 0.772. The van der Waals surface area contributed by atoms with Crippen LogP contribution < -0.4 is 5.32 Å². The molecule has 0 saturated carbocycles. The summed E-state index contributed by atoms with van der Waals surface area (Å²) in [6, 6.07) is 12.1. The molecule has 0 amide bonds. The molecule has 2 aromatic rings. The Morgan fingerprint density at radius 2 is 2.09 bits per heavy atom. The summed E-state index contributed by atoms with van der Waals surface area (Å²) in [6.45, 7) is 0.575. The second-order valence-corrected chi connectivity index (χ2v) is 5.28. The van der Waals surface area contributed by atoms with Crippen LogP contribution in [-0.2, 0) is 11.3 Å². The highest BCUT2D eigenvalue weighted by Crippen LogP contribution is 2.22. The van der Waals surface area contributed by atoms with Gasteiger partial charge in [-0.05, 0) is 18.4 Å². The molecule has 1 N–H and O–H groups in total. The lowest BCUT2D eigenvalue weighted by Gasteiger charge is -2.16. The highest BCUT2D eigenvalue weighted by molar-refractivity contribution is 5.91. The largest absolute Gasteiger partial charge is 0.343 e. The molecule has 1 heterocycles. The number of anilines is 1. The molecule has 5 heteroatoms. The molecule has 1 aliphatic carbocycles. The minimum atomic E-state index is 0.126. The van der Waals surface area contributed by atoms with Gasteiger partial charge in [-0.3, -0.25) is 4.79 Å². The van der Waals surface area contributed by atoms with E-state index in [1.807, 2.05) is 30.3 Å². The quantitative estimate of drug-likeness (QED) is 0.940. The summed E-state index contributed by atoms with van der Waals surface area (Å²) in [5.41, 5.74) is 2.43. The smallest absolute Gasteiger partial charge is 0.157 e. The molecule has 0 aliphatic heterocycles. The molecule has 3 rings (SSSR count). The second kappa shape index (κ2) is 6.27. The number of benzene rings is 1. The van der Waals surface area contributed by atoms with Gasteiger partial charge in [-0.25, -0.2) is 4.68 Å². The molecule has 22 heavy (non-hydrogen) atoms. The predicted octanol–water partition coefficient (Wildman–Crippen LogP) is 2.85. The van der Waals surface area contributed by atoms with E-state index in [9.17, 15) is 10.1 Å². The molecule has 1 aliphatic rings. The number of nitrogens with one attached hydrogen (secondary N) is 1. The van der Waals surface area contributed by atoms with Gasteiger partial charge in [0.05, 0.1) is 12.7 Å². The monoisotopic (exact) mass is 292 g/mol. The highest BCUT2D eigenvalue weighted by atomic mass is 16.1. The molecule has 110 valence electrons. The first kappa shape index (κ1) is 14.1. The van der Waals surface area contributed by atoms with E-state index in [1.54, 1.807) is 17.0 Å². The van der Waals surface area contributed by atoms with E-state index in [1.165, 1.54) is 0 Å². The van der Waals surface area contributed by atoms with Crippen molar-refractivity contribution in [2.24, 2.45) is 0 Å². The van der Waals surface area contributed by atoms with E-state index in [0.29, 0.717) is 24.3 Å².